The second kappa shape index (κ2) is 5.31. The van der Waals surface area contributed by atoms with Crippen LogP contribution >= 0.6 is 34.5 Å². The van der Waals surface area contributed by atoms with Gasteiger partial charge in [0.15, 0.2) is 0 Å². The van der Waals surface area contributed by atoms with Gasteiger partial charge in [-0.15, -0.1) is 22.9 Å². The van der Waals surface area contributed by atoms with Crippen molar-refractivity contribution in [3.05, 3.63) is 50.9 Å². The average molecular weight is 337 g/mol. The predicted molar refractivity (Wildman–Crippen MR) is 89.7 cm³/mol. The molecule has 0 fully saturated rings. The normalized spacial score (nSPS) is 18.1. The molecule has 0 saturated carbocycles. The minimum atomic E-state index is 0.331. The Morgan fingerprint density at radius 3 is 3.10 bits per heavy atom. The van der Waals surface area contributed by atoms with Crippen molar-refractivity contribution in [2.24, 2.45) is 0 Å². The summed E-state index contributed by atoms with van der Waals surface area (Å²) in [7, 11) is 0. The van der Waals surface area contributed by atoms with Gasteiger partial charge in [0.2, 0.25) is 0 Å². The van der Waals surface area contributed by atoms with Crippen molar-refractivity contribution < 1.29 is 0 Å². The van der Waals surface area contributed by atoms with Gasteiger partial charge in [-0.1, -0.05) is 11.6 Å². The van der Waals surface area contributed by atoms with Crippen LogP contribution in [0.25, 0.3) is 11.0 Å². The molecule has 0 spiro atoms. The molecule has 2 heterocycles. The summed E-state index contributed by atoms with van der Waals surface area (Å²) in [4.78, 5) is 6.18. The molecule has 2 aromatic heterocycles. The summed E-state index contributed by atoms with van der Waals surface area (Å²) < 4.78 is 2.29. The Balaban J connectivity index is 1.96. The molecule has 1 unspecified atom stereocenters. The minimum Gasteiger partial charge on any atom is -0.319 e. The molecule has 0 aliphatic heterocycles. The molecule has 21 heavy (non-hydrogen) atoms. The summed E-state index contributed by atoms with van der Waals surface area (Å²) >= 11 is 14.2. The third kappa shape index (κ3) is 2.19. The third-order valence-electron chi connectivity index (χ3n) is 4.18. The van der Waals surface area contributed by atoms with Crippen molar-refractivity contribution in [3.63, 3.8) is 0 Å². The van der Waals surface area contributed by atoms with Crippen LogP contribution in [0, 0.1) is 0 Å². The summed E-state index contributed by atoms with van der Waals surface area (Å²) in [6.45, 7) is 0. The Hall–Kier alpha value is -1.03. The molecule has 0 N–H and O–H groups in total. The van der Waals surface area contributed by atoms with Crippen LogP contribution in [0.5, 0.6) is 0 Å². The Morgan fingerprint density at radius 2 is 2.24 bits per heavy atom. The topological polar surface area (TPSA) is 17.8 Å². The van der Waals surface area contributed by atoms with Gasteiger partial charge >= 0.3 is 0 Å². The molecule has 108 valence electrons. The monoisotopic (exact) mass is 336 g/mol. The number of rotatable bonds is 2. The maximum Gasteiger partial charge on any atom is 0.125 e. The summed E-state index contributed by atoms with van der Waals surface area (Å²) in [5.74, 6) is 1.35. The van der Waals surface area contributed by atoms with E-state index < -0.39 is 0 Å². The molecule has 4 rings (SSSR count). The highest BCUT2D eigenvalue weighted by molar-refractivity contribution is 7.10. The van der Waals surface area contributed by atoms with Gasteiger partial charge in [-0.3, -0.25) is 0 Å². The van der Waals surface area contributed by atoms with Crippen LogP contribution in [0.2, 0.25) is 5.02 Å². The summed E-state index contributed by atoms with van der Waals surface area (Å²) in [5, 5.41) is 2.93. The molecule has 5 heteroatoms. The molecular formula is C16H14Cl2N2S. The average Bonchev–Trinajstić information content (AvgIpc) is 3.10. The smallest absolute Gasteiger partial charge is 0.125 e. The van der Waals surface area contributed by atoms with E-state index >= 15 is 0 Å². The van der Waals surface area contributed by atoms with Gasteiger partial charge < -0.3 is 4.57 Å². The fraction of sp³-hybridized carbons (Fsp3) is 0.312. The number of hydrogen-bond donors (Lipinski definition) is 0. The van der Waals surface area contributed by atoms with Crippen LogP contribution in [0.1, 0.15) is 35.1 Å². The second-order valence-electron chi connectivity index (χ2n) is 5.37. The molecule has 0 saturated heterocycles. The Morgan fingerprint density at radius 1 is 1.33 bits per heavy atom. The number of halogens is 2. The van der Waals surface area contributed by atoms with E-state index in [2.05, 4.69) is 21.0 Å². The zero-order chi connectivity index (χ0) is 14.4. The van der Waals surface area contributed by atoms with Gasteiger partial charge in [0.05, 0.1) is 23.0 Å². The number of thiophene rings is 1. The van der Waals surface area contributed by atoms with Crippen LogP contribution in [-0.4, -0.2) is 9.55 Å². The number of fused-ring (bicyclic) bond motifs is 2. The zero-order valence-electron chi connectivity index (χ0n) is 11.4. The lowest BCUT2D eigenvalue weighted by molar-refractivity contribution is 0.495. The standard InChI is InChI=1S/C16H14Cl2N2S/c17-9-16-19-12-5-4-10(18)8-14(12)20(16)13-2-1-3-15-11(13)6-7-21-15/h4-8,13H,1-3,9H2. The van der Waals surface area contributed by atoms with Gasteiger partial charge in [-0.25, -0.2) is 4.98 Å². The Labute approximate surface area is 137 Å². The van der Waals surface area contributed by atoms with Gasteiger partial charge in [0.1, 0.15) is 5.82 Å². The lowest BCUT2D eigenvalue weighted by Gasteiger charge is -2.26. The van der Waals surface area contributed by atoms with Crippen molar-refractivity contribution >= 4 is 45.6 Å². The highest BCUT2D eigenvalue weighted by atomic mass is 35.5. The molecule has 3 aromatic rings. The van der Waals surface area contributed by atoms with E-state index in [4.69, 9.17) is 23.2 Å². The maximum absolute atomic E-state index is 6.19. The number of nitrogens with zero attached hydrogens (tertiary/aromatic N) is 2. The molecule has 1 aromatic carbocycles. The Bertz CT molecular complexity index is 806. The van der Waals surface area contributed by atoms with E-state index in [1.807, 2.05) is 29.5 Å². The maximum atomic E-state index is 6.19. The highest BCUT2D eigenvalue weighted by Crippen LogP contribution is 2.39. The first-order valence-corrected chi connectivity index (χ1v) is 8.85. The van der Waals surface area contributed by atoms with Gasteiger partial charge in [-0.05, 0) is 54.5 Å². The quantitative estimate of drug-likeness (QED) is 0.571. The van der Waals surface area contributed by atoms with Crippen LogP contribution in [0.4, 0.5) is 0 Å². The van der Waals surface area contributed by atoms with E-state index in [1.54, 1.807) is 0 Å². The molecule has 1 aliphatic carbocycles. The van der Waals surface area contributed by atoms with Crippen LogP contribution < -0.4 is 0 Å². The molecule has 0 amide bonds. The number of aryl methyl sites for hydroxylation is 1. The number of alkyl halides is 1. The largest absolute Gasteiger partial charge is 0.319 e. The minimum absolute atomic E-state index is 0.331. The first-order chi connectivity index (χ1) is 10.3. The fourth-order valence-corrected chi connectivity index (χ4v) is 4.62. The van der Waals surface area contributed by atoms with E-state index in [9.17, 15) is 0 Å². The molecule has 2 nitrogen and oxygen atoms in total. The van der Waals surface area contributed by atoms with Crippen LogP contribution in [0.15, 0.2) is 29.6 Å². The molecule has 0 radical (unpaired) electrons. The van der Waals surface area contributed by atoms with Crippen molar-refractivity contribution in [3.8, 4) is 0 Å². The first-order valence-electron chi connectivity index (χ1n) is 7.06. The molecular weight excluding hydrogens is 323 g/mol. The van der Waals surface area contributed by atoms with E-state index in [0.29, 0.717) is 11.9 Å². The second-order valence-corrected chi connectivity index (χ2v) is 7.08. The summed E-state index contributed by atoms with van der Waals surface area (Å²) in [6.07, 6.45) is 3.53. The molecule has 1 aliphatic rings. The summed E-state index contributed by atoms with van der Waals surface area (Å²) in [5.41, 5.74) is 3.48. The van der Waals surface area contributed by atoms with Crippen molar-refractivity contribution in [2.45, 2.75) is 31.2 Å². The van der Waals surface area contributed by atoms with E-state index in [0.717, 1.165) is 28.3 Å². The lowest BCUT2D eigenvalue weighted by atomic mass is 9.93. The van der Waals surface area contributed by atoms with Gasteiger partial charge in [0.25, 0.3) is 0 Å². The predicted octanol–water partition coefficient (Wildman–Crippen LogP) is 5.42. The molecule has 0 bridgehead atoms. The Kier molecular flexibility index (Phi) is 3.44. The molecule has 1 atom stereocenters. The van der Waals surface area contributed by atoms with Crippen molar-refractivity contribution in [2.75, 3.05) is 0 Å². The number of aromatic nitrogens is 2. The zero-order valence-corrected chi connectivity index (χ0v) is 13.7. The van der Waals surface area contributed by atoms with Crippen LogP contribution in [0.3, 0.4) is 0 Å². The number of benzene rings is 1. The fourth-order valence-electron chi connectivity index (χ4n) is 3.29. The van der Waals surface area contributed by atoms with Crippen molar-refractivity contribution in [1.29, 1.82) is 0 Å². The number of hydrogen-bond acceptors (Lipinski definition) is 2. The summed E-state index contributed by atoms with van der Waals surface area (Å²) in [6, 6.07) is 8.44. The van der Waals surface area contributed by atoms with E-state index in [-0.39, 0.29) is 0 Å². The van der Waals surface area contributed by atoms with E-state index in [1.165, 1.54) is 23.3 Å². The first kappa shape index (κ1) is 13.6. The van der Waals surface area contributed by atoms with Gasteiger partial charge in [-0.2, -0.15) is 0 Å². The van der Waals surface area contributed by atoms with Crippen LogP contribution in [-0.2, 0) is 12.3 Å². The lowest BCUT2D eigenvalue weighted by Crippen LogP contribution is -2.17. The van der Waals surface area contributed by atoms with Gasteiger partial charge in [0, 0.05) is 9.90 Å². The highest BCUT2D eigenvalue weighted by Gasteiger charge is 2.26. The van der Waals surface area contributed by atoms with Crippen molar-refractivity contribution in [1.82, 2.24) is 9.55 Å². The number of imidazole rings is 1. The SMILES string of the molecule is ClCc1nc2ccc(Cl)cc2n1C1CCCc2sccc21. The third-order valence-corrected chi connectivity index (χ3v) is 5.65.